The van der Waals surface area contributed by atoms with Gasteiger partial charge in [-0.3, -0.25) is 0 Å². The summed E-state index contributed by atoms with van der Waals surface area (Å²) in [5.41, 5.74) is 2.26. The van der Waals surface area contributed by atoms with Crippen LogP contribution in [0.1, 0.15) is 18.1 Å². The summed E-state index contributed by atoms with van der Waals surface area (Å²) in [4.78, 5) is 0. The molecule has 2 heterocycles. The minimum Gasteiger partial charge on any atom is -0.472 e. The molecule has 0 aliphatic carbocycles. The molecule has 1 aromatic heterocycles. The number of hydrogen-bond acceptors (Lipinski definition) is 2. The van der Waals surface area contributed by atoms with Crippen LogP contribution >= 0.6 is 0 Å². The maximum atomic E-state index is 6.48. The first-order valence-electron chi connectivity index (χ1n) is 6.99. The van der Waals surface area contributed by atoms with Crippen LogP contribution in [0, 0.1) is 0 Å². The van der Waals surface area contributed by atoms with Crippen LogP contribution in [-0.2, 0) is 10.8 Å². The van der Waals surface area contributed by atoms with Crippen molar-refractivity contribution in [3.8, 4) is 0 Å². The minimum atomic E-state index is -1.86. The molecule has 0 N–H and O–H groups in total. The Morgan fingerprint density at radius 3 is 2.50 bits per heavy atom. The van der Waals surface area contributed by atoms with Gasteiger partial charge < -0.3 is 8.84 Å². The third kappa shape index (κ3) is 2.51. The lowest BCUT2D eigenvalue weighted by Crippen LogP contribution is -2.36. The van der Waals surface area contributed by atoms with Crippen LogP contribution in [0.15, 0.2) is 59.4 Å². The van der Waals surface area contributed by atoms with Crippen LogP contribution in [0.4, 0.5) is 0 Å². The first-order chi connectivity index (χ1) is 9.49. The van der Waals surface area contributed by atoms with Crippen LogP contribution in [0.25, 0.3) is 5.20 Å². The van der Waals surface area contributed by atoms with Gasteiger partial charge in [0.2, 0.25) is 8.32 Å². The highest BCUT2D eigenvalue weighted by Crippen LogP contribution is 2.41. The number of furan rings is 1. The first-order valence-corrected chi connectivity index (χ1v) is 9.89. The minimum absolute atomic E-state index is 0.219. The van der Waals surface area contributed by atoms with Gasteiger partial charge in [0, 0.05) is 12.0 Å². The molecule has 1 atom stereocenters. The number of rotatable bonds is 3. The van der Waals surface area contributed by atoms with E-state index in [1.165, 1.54) is 16.3 Å². The van der Waals surface area contributed by atoms with Crippen molar-refractivity contribution in [1.29, 1.82) is 0 Å². The second-order valence-corrected chi connectivity index (χ2v) is 9.92. The zero-order valence-electron chi connectivity index (χ0n) is 12.2. The van der Waals surface area contributed by atoms with Crippen molar-refractivity contribution >= 4 is 13.5 Å². The van der Waals surface area contributed by atoms with Gasteiger partial charge in [-0.1, -0.05) is 36.4 Å². The fraction of sp³-hybridized carbons (Fsp3) is 0.294. The summed E-state index contributed by atoms with van der Waals surface area (Å²) < 4.78 is 11.7. The van der Waals surface area contributed by atoms with Gasteiger partial charge in [0.15, 0.2) is 0 Å². The second-order valence-electron chi connectivity index (χ2n) is 6.16. The molecule has 104 valence electrons. The molecule has 1 aromatic carbocycles. The highest BCUT2D eigenvalue weighted by molar-refractivity contribution is 6.90. The predicted octanol–water partition coefficient (Wildman–Crippen LogP) is 4.44. The molecule has 0 amide bonds. The lowest BCUT2D eigenvalue weighted by molar-refractivity contribution is 0.146. The fourth-order valence-electron chi connectivity index (χ4n) is 3.08. The van der Waals surface area contributed by atoms with E-state index in [1.54, 1.807) is 6.26 Å². The van der Waals surface area contributed by atoms with E-state index in [1.807, 2.05) is 18.4 Å². The summed E-state index contributed by atoms with van der Waals surface area (Å²) in [5.74, 6) is 0. The molecule has 2 aromatic rings. The predicted molar refractivity (Wildman–Crippen MR) is 83.8 cm³/mol. The highest BCUT2D eigenvalue weighted by Gasteiger charge is 2.44. The van der Waals surface area contributed by atoms with E-state index in [0.717, 1.165) is 6.42 Å². The Balaban J connectivity index is 1.92. The molecule has 0 spiro atoms. The first kappa shape index (κ1) is 13.4. The topological polar surface area (TPSA) is 22.4 Å². The molecule has 1 aliphatic rings. The Kier molecular flexibility index (Phi) is 3.19. The molecule has 20 heavy (non-hydrogen) atoms. The van der Waals surface area contributed by atoms with Crippen LogP contribution in [0.3, 0.4) is 0 Å². The smallest absolute Gasteiger partial charge is 0.219 e. The third-order valence-electron chi connectivity index (χ3n) is 3.82. The summed E-state index contributed by atoms with van der Waals surface area (Å²) in [6.07, 6.45) is 6.76. The summed E-state index contributed by atoms with van der Waals surface area (Å²) in [5, 5.41) is 1.34. The molecule has 1 aliphatic heterocycles. The van der Waals surface area contributed by atoms with Crippen LogP contribution < -0.4 is 0 Å². The average molecular weight is 284 g/mol. The third-order valence-corrected chi connectivity index (χ3v) is 6.52. The molecule has 0 saturated heterocycles. The summed E-state index contributed by atoms with van der Waals surface area (Å²) in [6, 6.07) is 12.6. The Morgan fingerprint density at radius 2 is 1.85 bits per heavy atom. The SMILES string of the molecule is CC1(Cc2ccccc2)C=C(c2ccoc2)[Si](C)(C)O1. The van der Waals surface area contributed by atoms with Gasteiger partial charge in [0.05, 0.1) is 18.1 Å². The summed E-state index contributed by atoms with van der Waals surface area (Å²) >= 11 is 0. The molecule has 2 nitrogen and oxygen atoms in total. The zero-order chi connectivity index (χ0) is 14.2. The van der Waals surface area contributed by atoms with Gasteiger partial charge in [0.1, 0.15) is 0 Å². The van der Waals surface area contributed by atoms with Crippen molar-refractivity contribution in [3.63, 3.8) is 0 Å². The molecule has 0 bridgehead atoms. The lowest BCUT2D eigenvalue weighted by atomic mass is 9.95. The maximum Gasteiger partial charge on any atom is 0.219 e. The molecule has 3 heteroatoms. The van der Waals surface area contributed by atoms with Gasteiger partial charge in [0.25, 0.3) is 0 Å². The molecule has 0 radical (unpaired) electrons. The van der Waals surface area contributed by atoms with Crippen molar-refractivity contribution in [2.24, 2.45) is 0 Å². The van der Waals surface area contributed by atoms with E-state index in [2.05, 4.69) is 50.4 Å². The molecule has 3 rings (SSSR count). The normalized spacial score (nSPS) is 24.6. The van der Waals surface area contributed by atoms with Crippen molar-refractivity contribution < 1.29 is 8.84 Å². The van der Waals surface area contributed by atoms with Crippen LogP contribution in [0.5, 0.6) is 0 Å². The maximum absolute atomic E-state index is 6.48. The van der Waals surface area contributed by atoms with Gasteiger partial charge in [-0.05, 0) is 36.8 Å². The number of hydrogen-bond donors (Lipinski definition) is 0. The lowest BCUT2D eigenvalue weighted by Gasteiger charge is -2.28. The quantitative estimate of drug-likeness (QED) is 0.778. The van der Waals surface area contributed by atoms with E-state index in [-0.39, 0.29) is 5.60 Å². The monoisotopic (exact) mass is 284 g/mol. The number of benzene rings is 1. The van der Waals surface area contributed by atoms with Crippen molar-refractivity contribution in [2.45, 2.75) is 32.0 Å². The fourth-order valence-corrected chi connectivity index (χ4v) is 5.98. The Labute approximate surface area is 121 Å². The Bertz CT molecular complexity index is 614. The van der Waals surface area contributed by atoms with E-state index in [0.29, 0.717) is 0 Å². The van der Waals surface area contributed by atoms with E-state index >= 15 is 0 Å². The van der Waals surface area contributed by atoms with Crippen molar-refractivity contribution in [2.75, 3.05) is 0 Å². The van der Waals surface area contributed by atoms with Crippen molar-refractivity contribution in [1.82, 2.24) is 0 Å². The molecular formula is C17H20O2Si. The molecule has 0 fully saturated rings. The highest BCUT2D eigenvalue weighted by atomic mass is 28.4. The average Bonchev–Trinajstić information content (AvgIpc) is 2.96. The second kappa shape index (κ2) is 4.76. The summed E-state index contributed by atoms with van der Waals surface area (Å²) in [7, 11) is -1.86. The van der Waals surface area contributed by atoms with E-state index in [9.17, 15) is 0 Å². The molecular weight excluding hydrogens is 264 g/mol. The zero-order valence-corrected chi connectivity index (χ0v) is 13.2. The Hall–Kier alpha value is -1.58. The van der Waals surface area contributed by atoms with Gasteiger partial charge in [-0.25, -0.2) is 0 Å². The standard InChI is InChI=1S/C17H20O2Si/c1-17(11-14-7-5-4-6-8-14)12-16(20(2,3)19-17)15-9-10-18-13-15/h4-10,12-13H,11H2,1-3H3. The van der Waals surface area contributed by atoms with Crippen molar-refractivity contribution in [3.05, 3.63) is 66.1 Å². The van der Waals surface area contributed by atoms with Gasteiger partial charge in [-0.15, -0.1) is 0 Å². The van der Waals surface area contributed by atoms with Gasteiger partial charge in [-0.2, -0.15) is 0 Å². The van der Waals surface area contributed by atoms with Crippen LogP contribution in [0.2, 0.25) is 13.1 Å². The van der Waals surface area contributed by atoms with Gasteiger partial charge >= 0.3 is 0 Å². The van der Waals surface area contributed by atoms with Crippen LogP contribution in [-0.4, -0.2) is 13.9 Å². The largest absolute Gasteiger partial charge is 0.472 e. The summed E-state index contributed by atoms with van der Waals surface area (Å²) in [6.45, 7) is 6.69. The molecule has 0 saturated carbocycles. The molecule has 1 unspecified atom stereocenters. The van der Waals surface area contributed by atoms with E-state index < -0.39 is 8.32 Å². The van der Waals surface area contributed by atoms with E-state index in [4.69, 9.17) is 8.84 Å². The Morgan fingerprint density at radius 1 is 1.10 bits per heavy atom.